The molecule has 0 aliphatic carbocycles. The Balaban J connectivity index is 2.22. The summed E-state index contributed by atoms with van der Waals surface area (Å²) >= 11 is 1.81. The van der Waals surface area contributed by atoms with Gasteiger partial charge in [0, 0.05) is 10.4 Å². The Labute approximate surface area is 121 Å². The summed E-state index contributed by atoms with van der Waals surface area (Å²) in [4.78, 5) is 3.99. The molecule has 1 aliphatic rings. The lowest BCUT2D eigenvalue weighted by Crippen LogP contribution is -2.54. The number of likely N-dealkylation sites (tertiary alicyclic amines) is 1. The first-order chi connectivity index (χ1) is 9.07. The third-order valence-electron chi connectivity index (χ3n) is 4.46. The molecule has 4 heteroatoms. The predicted octanol–water partition coefficient (Wildman–Crippen LogP) is 3.22. The van der Waals surface area contributed by atoms with Crippen LogP contribution in [-0.4, -0.2) is 23.5 Å². The van der Waals surface area contributed by atoms with E-state index in [1.54, 1.807) is 0 Å². The minimum absolute atomic E-state index is 0.0503. The average molecular weight is 281 g/mol. The maximum Gasteiger partial charge on any atom is 0.0734 e. The number of nitrogens with two attached hydrogens (primary N) is 1. The molecule has 0 spiro atoms. The highest BCUT2D eigenvalue weighted by Gasteiger charge is 2.37. The summed E-state index contributed by atoms with van der Waals surface area (Å²) in [7, 11) is 0. The van der Waals surface area contributed by atoms with Crippen molar-refractivity contribution in [1.82, 2.24) is 10.3 Å². The van der Waals surface area contributed by atoms with E-state index >= 15 is 0 Å². The number of nitrogens with one attached hydrogen (secondary N) is 1. The first kappa shape index (κ1) is 15.0. The minimum atomic E-state index is 0.0503. The van der Waals surface area contributed by atoms with Crippen molar-refractivity contribution in [2.24, 2.45) is 5.84 Å². The van der Waals surface area contributed by atoms with Crippen molar-refractivity contribution in [2.45, 2.75) is 58.0 Å². The van der Waals surface area contributed by atoms with E-state index in [2.05, 4.69) is 42.5 Å². The van der Waals surface area contributed by atoms with E-state index in [0.29, 0.717) is 0 Å². The summed E-state index contributed by atoms with van der Waals surface area (Å²) < 4.78 is 0. The largest absolute Gasteiger partial charge is 0.296 e. The molecule has 2 heterocycles. The van der Waals surface area contributed by atoms with Crippen molar-refractivity contribution in [1.29, 1.82) is 0 Å². The number of rotatable bonds is 4. The van der Waals surface area contributed by atoms with Crippen LogP contribution in [0.15, 0.2) is 11.4 Å². The molecule has 0 saturated carbocycles. The predicted molar refractivity (Wildman–Crippen MR) is 83.2 cm³/mol. The van der Waals surface area contributed by atoms with Gasteiger partial charge in [-0.15, -0.1) is 11.3 Å². The highest BCUT2D eigenvalue weighted by Crippen LogP contribution is 2.36. The SMILES string of the molecule is Cc1ccsc1C(NN)C(C)(C)N1CCCCCC1. The molecule has 1 aromatic rings. The van der Waals surface area contributed by atoms with Gasteiger partial charge in [0.1, 0.15) is 0 Å². The van der Waals surface area contributed by atoms with Gasteiger partial charge < -0.3 is 0 Å². The average Bonchev–Trinajstić information content (AvgIpc) is 2.66. The third-order valence-corrected chi connectivity index (χ3v) is 5.54. The van der Waals surface area contributed by atoms with E-state index in [0.717, 1.165) is 0 Å². The number of nitrogens with zero attached hydrogens (tertiary/aromatic N) is 1. The van der Waals surface area contributed by atoms with Crippen molar-refractivity contribution in [3.8, 4) is 0 Å². The number of hydrogen-bond acceptors (Lipinski definition) is 4. The lowest BCUT2D eigenvalue weighted by atomic mass is 9.90. The molecule has 2 rings (SSSR count). The van der Waals surface area contributed by atoms with Crippen LogP contribution in [0.1, 0.15) is 56.0 Å². The Morgan fingerprint density at radius 1 is 1.26 bits per heavy atom. The summed E-state index contributed by atoms with van der Waals surface area (Å²) in [6.07, 6.45) is 5.35. The van der Waals surface area contributed by atoms with Crippen molar-refractivity contribution in [3.05, 3.63) is 21.9 Å². The minimum Gasteiger partial charge on any atom is -0.296 e. The molecule has 1 aromatic heterocycles. The van der Waals surface area contributed by atoms with Crippen molar-refractivity contribution < 1.29 is 0 Å². The standard InChI is InChI=1S/C15H27N3S/c1-12-8-11-19-13(12)14(17-16)15(2,3)18-9-6-4-5-7-10-18/h8,11,14,17H,4-7,9-10,16H2,1-3H3. The van der Waals surface area contributed by atoms with Gasteiger partial charge in [-0.3, -0.25) is 16.2 Å². The van der Waals surface area contributed by atoms with Crippen LogP contribution >= 0.6 is 11.3 Å². The zero-order valence-electron chi connectivity index (χ0n) is 12.4. The summed E-state index contributed by atoms with van der Waals surface area (Å²) in [5, 5.41) is 2.16. The monoisotopic (exact) mass is 281 g/mol. The van der Waals surface area contributed by atoms with Gasteiger partial charge in [-0.25, -0.2) is 0 Å². The maximum absolute atomic E-state index is 5.89. The molecule has 1 aliphatic heterocycles. The van der Waals surface area contributed by atoms with Gasteiger partial charge in [0.15, 0.2) is 0 Å². The summed E-state index contributed by atoms with van der Waals surface area (Å²) in [5.74, 6) is 5.89. The molecule has 3 N–H and O–H groups in total. The maximum atomic E-state index is 5.89. The molecule has 0 bridgehead atoms. The number of aryl methyl sites for hydroxylation is 1. The fourth-order valence-electron chi connectivity index (χ4n) is 3.11. The second-order valence-electron chi connectivity index (χ2n) is 6.12. The zero-order valence-corrected chi connectivity index (χ0v) is 13.2. The van der Waals surface area contributed by atoms with Crippen molar-refractivity contribution >= 4 is 11.3 Å². The van der Waals surface area contributed by atoms with Crippen LogP contribution < -0.4 is 11.3 Å². The summed E-state index contributed by atoms with van der Waals surface area (Å²) in [6.45, 7) is 9.20. The zero-order chi connectivity index (χ0) is 13.9. The quantitative estimate of drug-likeness (QED) is 0.658. The summed E-state index contributed by atoms with van der Waals surface area (Å²) in [6, 6.07) is 2.38. The van der Waals surface area contributed by atoms with Crippen LogP contribution in [0.3, 0.4) is 0 Å². The molecule has 3 nitrogen and oxygen atoms in total. The molecule has 1 unspecified atom stereocenters. The van der Waals surface area contributed by atoms with Gasteiger partial charge in [0.2, 0.25) is 0 Å². The van der Waals surface area contributed by atoms with Crippen LogP contribution in [0.4, 0.5) is 0 Å². The van der Waals surface area contributed by atoms with E-state index in [1.807, 2.05) is 11.3 Å². The highest BCUT2D eigenvalue weighted by molar-refractivity contribution is 7.10. The van der Waals surface area contributed by atoms with E-state index in [4.69, 9.17) is 5.84 Å². The third kappa shape index (κ3) is 3.19. The van der Waals surface area contributed by atoms with Crippen LogP contribution in [0.25, 0.3) is 0 Å². The van der Waals surface area contributed by atoms with Gasteiger partial charge in [0.25, 0.3) is 0 Å². The number of thiophene rings is 1. The molecule has 1 fully saturated rings. The van der Waals surface area contributed by atoms with Gasteiger partial charge in [-0.2, -0.15) is 0 Å². The van der Waals surface area contributed by atoms with Gasteiger partial charge >= 0.3 is 0 Å². The molecular formula is C15H27N3S. The van der Waals surface area contributed by atoms with Crippen molar-refractivity contribution in [2.75, 3.05) is 13.1 Å². The Hall–Kier alpha value is -0.420. The Kier molecular flexibility index (Phi) is 5.01. The second kappa shape index (κ2) is 6.35. The smallest absolute Gasteiger partial charge is 0.0734 e. The highest BCUT2D eigenvalue weighted by atomic mass is 32.1. The molecule has 1 atom stereocenters. The molecular weight excluding hydrogens is 254 g/mol. The van der Waals surface area contributed by atoms with Gasteiger partial charge in [-0.05, 0) is 63.7 Å². The van der Waals surface area contributed by atoms with Crippen molar-refractivity contribution in [3.63, 3.8) is 0 Å². The molecule has 0 radical (unpaired) electrons. The van der Waals surface area contributed by atoms with Gasteiger partial charge in [-0.1, -0.05) is 12.8 Å². The topological polar surface area (TPSA) is 41.3 Å². The summed E-state index contributed by atoms with van der Waals surface area (Å²) in [5.41, 5.74) is 4.47. The first-order valence-corrected chi connectivity index (χ1v) is 8.20. The molecule has 0 aromatic carbocycles. The Morgan fingerprint density at radius 2 is 1.89 bits per heavy atom. The Morgan fingerprint density at radius 3 is 2.37 bits per heavy atom. The Bertz CT molecular complexity index is 392. The molecule has 19 heavy (non-hydrogen) atoms. The van der Waals surface area contributed by atoms with Crippen LogP contribution in [-0.2, 0) is 0 Å². The van der Waals surface area contributed by atoms with E-state index in [-0.39, 0.29) is 11.6 Å². The van der Waals surface area contributed by atoms with Crippen LogP contribution in [0, 0.1) is 6.92 Å². The molecule has 108 valence electrons. The lowest BCUT2D eigenvalue weighted by Gasteiger charge is -2.43. The number of hydrogen-bond donors (Lipinski definition) is 2. The lowest BCUT2D eigenvalue weighted by molar-refractivity contribution is 0.0845. The van der Waals surface area contributed by atoms with Crippen LogP contribution in [0.2, 0.25) is 0 Å². The second-order valence-corrected chi connectivity index (χ2v) is 7.07. The van der Waals surface area contributed by atoms with Gasteiger partial charge in [0.05, 0.1) is 6.04 Å². The normalized spacial score (nSPS) is 20.2. The fraction of sp³-hybridized carbons (Fsp3) is 0.733. The van der Waals surface area contributed by atoms with Crippen LogP contribution in [0.5, 0.6) is 0 Å². The van der Waals surface area contributed by atoms with E-state index < -0.39 is 0 Å². The van der Waals surface area contributed by atoms with E-state index in [1.165, 1.54) is 49.2 Å². The molecule has 0 amide bonds. The fourth-order valence-corrected chi connectivity index (χ4v) is 4.28. The first-order valence-electron chi connectivity index (χ1n) is 7.32. The number of hydrazine groups is 1. The van der Waals surface area contributed by atoms with E-state index in [9.17, 15) is 0 Å². The molecule has 1 saturated heterocycles.